The maximum absolute atomic E-state index is 13.0. The molecule has 3 N–H and O–H groups in total. The van der Waals surface area contributed by atoms with E-state index in [0.29, 0.717) is 18.4 Å². The largest absolute Gasteiger partial charge is 0.573 e. The van der Waals surface area contributed by atoms with Crippen LogP contribution in [0.3, 0.4) is 0 Å². The molecule has 14 heteroatoms. The van der Waals surface area contributed by atoms with Gasteiger partial charge in [0.25, 0.3) is 5.91 Å². The number of aromatic nitrogens is 3. The number of alkyl halides is 3. The van der Waals surface area contributed by atoms with Crippen LogP contribution in [-0.2, 0) is 11.2 Å². The molecule has 1 saturated heterocycles. The second-order valence-corrected chi connectivity index (χ2v) is 9.16. The van der Waals surface area contributed by atoms with Crippen molar-refractivity contribution in [2.75, 3.05) is 13.1 Å². The first-order chi connectivity index (χ1) is 17.1. The number of hydrogen-bond acceptors (Lipinski definition) is 7. The summed E-state index contributed by atoms with van der Waals surface area (Å²) in [6, 6.07) is 4.51. The molecule has 0 bridgehead atoms. The summed E-state index contributed by atoms with van der Waals surface area (Å²) < 4.78 is 41.5. The van der Waals surface area contributed by atoms with Crippen molar-refractivity contribution in [3.63, 3.8) is 0 Å². The average molecular weight is 526 g/mol. The zero-order valence-corrected chi connectivity index (χ0v) is 19.7. The Bertz CT molecular complexity index is 1170. The van der Waals surface area contributed by atoms with E-state index >= 15 is 0 Å². The van der Waals surface area contributed by atoms with Gasteiger partial charge < -0.3 is 20.7 Å². The maximum Gasteiger partial charge on any atom is 0.573 e. The van der Waals surface area contributed by atoms with Crippen molar-refractivity contribution < 1.29 is 27.5 Å². The van der Waals surface area contributed by atoms with Gasteiger partial charge in [-0.25, -0.2) is 0 Å². The number of halogens is 4. The van der Waals surface area contributed by atoms with Crippen molar-refractivity contribution in [2.24, 2.45) is 0 Å². The molecule has 192 valence electrons. The number of nitriles is 1. The highest BCUT2D eigenvalue weighted by Crippen LogP contribution is 2.34. The predicted molar refractivity (Wildman–Crippen MR) is 120 cm³/mol. The van der Waals surface area contributed by atoms with Gasteiger partial charge >= 0.3 is 6.36 Å². The maximum atomic E-state index is 13.0. The van der Waals surface area contributed by atoms with Crippen molar-refractivity contribution in [1.82, 2.24) is 30.9 Å². The average Bonchev–Trinajstić information content (AvgIpc) is 3.42. The second-order valence-electron chi connectivity index (χ2n) is 8.76. The molecule has 0 unspecified atom stereocenters. The summed E-state index contributed by atoms with van der Waals surface area (Å²) >= 11 is 5.93. The second kappa shape index (κ2) is 10.3. The van der Waals surface area contributed by atoms with Gasteiger partial charge in [0.2, 0.25) is 5.91 Å². The number of carbonyl (C=O) groups excluding carboxylic acids is 2. The lowest BCUT2D eigenvalue weighted by molar-refractivity contribution is -0.274. The predicted octanol–water partition coefficient (Wildman–Crippen LogP) is 2.27. The van der Waals surface area contributed by atoms with Crippen molar-refractivity contribution in [1.29, 1.82) is 5.26 Å². The standard InChI is InChI=1S/C22H23ClF3N7O3/c23-15-9-13(1-2-18(15)36-22(24,25)26)10-16(20(35)31-21(12-27)5-6-21)30-19(34)17-11-29-33(32-17)14-3-7-28-8-4-14/h1-2,9,11,14,16,28H,3-8,10H2,(H,30,34)(H,31,35)/t16-/m0/s1. The van der Waals surface area contributed by atoms with Crippen molar-refractivity contribution in [2.45, 2.75) is 56.1 Å². The molecule has 2 aliphatic rings. The third kappa shape index (κ3) is 6.44. The van der Waals surface area contributed by atoms with Crippen LogP contribution in [0.25, 0.3) is 0 Å². The minimum atomic E-state index is -4.91. The number of nitrogens with one attached hydrogen (secondary N) is 3. The Morgan fingerprint density at radius 3 is 2.67 bits per heavy atom. The smallest absolute Gasteiger partial charge is 0.404 e. The summed E-state index contributed by atoms with van der Waals surface area (Å²) in [5.41, 5.74) is -0.602. The molecule has 1 aromatic heterocycles. The summed E-state index contributed by atoms with van der Waals surface area (Å²) in [6.07, 6.45) is -1.12. The molecule has 1 aliphatic carbocycles. The molecule has 1 saturated carbocycles. The van der Waals surface area contributed by atoms with E-state index in [1.807, 2.05) is 6.07 Å². The minimum Gasteiger partial charge on any atom is -0.404 e. The molecule has 2 amide bonds. The van der Waals surface area contributed by atoms with Gasteiger partial charge in [-0.15, -0.1) is 18.3 Å². The number of amides is 2. The van der Waals surface area contributed by atoms with Crippen LogP contribution in [0.4, 0.5) is 13.2 Å². The first-order valence-electron chi connectivity index (χ1n) is 11.3. The van der Waals surface area contributed by atoms with Crippen LogP contribution < -0.4 is 20.7 Å². The molecule has 0 radical (unpaired) electrons. The zero-order chi connectivity index (χ0) is 25.9. The number of nitrogens with zero attached hydrogens (tertiary/aromatic N) is 4. The molecule has 1 aliphatic heterocycles. The van der Waals surface area contributed by atoms with E-state index < -0.39 is 35.5 Å². The SMILES string of the molecule is N#CC1(NC(=O)[C@H](Cc2ccc(OC(F)(F)F)c(Cl)c2)NC(=O)c2cnn(C3CCNCC3)n2)CC1. The Kier molecular flexibility index (Phi) is 7.37. The highest BCUT2D eigenvalue weighted by Gasteiger charge is 2.45. The number of piperidine rings is 1. The molecule has 4 rings (SSSR count). The van der Waals surface area contributed by atoms with Crippen LogP contribution >= 0.6 is 11.6 Å². The molecule has 2 aromatic rings. The zero-order valence-electron chi connectivity index (χ0n) is 18.9. The fourth-order valence-corrected chi connectivity index (χ4v) is 4.10. The molecule has 36 heavy (non-hydrogen) atoms. The highest BCUT2D eigenvalue weighted by atomic mass is 35.5. The van der Waals surface area contributed by atoms with E-state index in [1.165, 1.54) is 23.1 Å². The normalized spacial score (nSPS) is 18.1. The lowest BCUT2D eigenvalue weighted by atomic mass is 10.0. The fraction of sp³-hybridized carbons (Fsp3) is 0.500. The number of rotatable bonds is 8. The molecule has 2 heterocycles. The molecule has 1 aromatic carbocycles. The summed E-state index contributed by atoms with van der Waals surface area (Å²) in [5.74, 6) is -1.85. The van der Waals surface area contributed by atoms with Gasteiger partial charge in [-0.1, -0.05) is 17.7 Å². The van der Waals surface area contributed by atoms with E-state index in [2.05, 4.69) is 30.9 Å². The van der Waals surface area contributed by atoms with E-state index in [4.69, 9.17) is 11.6 Å². The number of hydrogen-bond donors (Lipinski definition) is 3. The van der Waals surface area contributed by atoms with Gasteiger partial charge in [0, 0.05) is 6.42 Å². The molecule has 2 fully saturated rings. The molecule has 1 atom stereocenters. The fourth-order valence-electron chi connectivity index (χ4n) is 3.86. The molecular formula is C22H23ClF3N7O3. The van der Waals surface area contributed by atoms with Crippen LogP contribution in [0.5, 0.6) is 5.75 Å². The monoisotopic (exact) mass is 525 g/mol. The third-order valence-corrected chi connectivity index (χ3v) is 6.28. The lowest BCUT2D eigenvalue weighted by Gasteiger charge is -2.21. The topological polar surface area (TPSA) is 134 Å². The Morgan fingerprint density at radius 2 is 2.06 bits per heavy atom. The number of benzene rings is 1. The van der Waals surface area contributed by atoms with Crippen LogP contribution in [-0.4, -0.2) is 57.8 Å². The van der Waals surface area contributed by atoms with Gasteiger partial charge in [-0.05, 0) is 56.5 Å². The Labute approximate surface area is 209 Å². The Hall–Kier alpha value is -3.37. The van der Waals surface area contributed by atoms with E-state index in [0.717, 1.165) is 32.0 Å². The molecule has 10 nitrogen and oxygen atoms in total. The van der Waals surface area contributed by atoms with Crippen LogP contribution in [0.2, 0.25) is 5.02 Å². The van der Waals surface area contributed by atoms with Crippen LogP contribution in [0.1, 0.15) is 47.8 Å². The van der Waals surface area contributed by atoms with E-state index in [9.17, 15) is 28.0 Å². The van der Waals surface area contributed by atoms with Crippen molar-refractivity contribution in [3.05, 3.63) is 40.7 Å². The molecular weight excluding hydrogens is 503 g/mol. The summed E-state index contributed by atoms with van der Waals surface area (Å²) in [7, 11) is 0. The van der Waals surface area contributed by atoms with Gasteiger partial charge in [-0.2, -0.15) is 15.2 Å². The molecule has 0 spiro atoms. The Morgan fingerprint density at radius 1 is 1.33 bits per heavy atom. The van der Waals surface area contributed by atoms with Crippen molar-refractivity contribution >= 4 is 23.4 Å². The lowest BCUT2D eigenvalue weighted by Crippen LogP contribution is -2.51. The summed E-state index contributed by atoms with van der Waals surface area (Å²) in [5, 5.41) is 25.9. The van der Waals surface area contributed by atoms with Crippen molar-refractivity contribution in [3.8, 4) is 11.8 Å². The quantitative estimate of drug-likeness (QED) is 0.481. The van der Waals surface area contributed by atoms with Gasteiger partial charge in [-0.3, -0.25) is 9.59 Å². The van der Waals surface area contributed by atoms with E-state index in [1.54, 1.807) is 0 Å². The third-order valence-electron chi connectivity index (χ3n) is 5.99. The first-order valence-corrected chi connectivity index (χ1v) is 11.7. The van der Waals surface area contributed by atoms with Crippen LogP contribution in [0.15, 0.2) is 24.4 Å². The first kappa shape index (κ1) is 25.7. The number of carbonyl (C=O) groups is 2. The van der Waals surface area contributed by atoms with Gasteiger partial charge in [0.1, 0.15) is 17.3 Å². The van der Waals surface area contributed by atoms with E-state index in [-0.39, 0.29) is 23.2 Å². The summed E-state index contributed by atoms with van der Waals surface area (Å²) in [4.78, 5) is 27.4. The minimum absolute atomic E-state index is 0.0136. The number of ether oxygens (including phenoxy) is 1. The Balaban J connectivity index is 1.49. The van der Waals surface area contributed by atoms with Gasteiger partial charge in [0.15, 0.2) is 5.69 Å². The van der Waals surface area contributed by atoms with Crippen LogP contribution in [0, 0.1) is 11.3 Å². The summed E-state index contributed by atoms with van der Waals surface area (Å²) in [6.45, 7) is 1.62. The highest BCUT2D eigenvalue weighted by molar-refractivity contribution is 6.32. The van der Waals surface area contributed by atoms with Gasteiger partial charge in [0.05, 0.1) is 23.3 Å².